The Morgan fingerprint density at radius 3 is 2.43 bits per heavy atom. The van der Waals surface area contributed by atoms with Crippen LogP contribution in [0.25, 0.3) is 0 Å². The molecule has 0 saturated carbocycles. The van der Waals surface area contributed by atoms with E-state index in [0.717, 1.165) is 10.6 Å². The van der Waals surface area contributed by atoms with E-state index < -0.39 is 11.9 Å². The predicted molar refractivity (Wildman–Crippen MR) is 55.8 cm³/mol. The summed E-state index contributed by atoms with van der Waals surface area (Å²) < 4.78 is 0. The molecule has 0 atom stereocenters. The van der Waals surface area contributed by atoms with Crippen LogP contribution in [0.5, 0.6) is 0 Å². The van der Waals surface area contributed by atoms with Gasteiger partial charge in [-0.05, 0) is 13.8 Å². The number of carboxylic acid groups (broad SMARTS) is 1. The van der Waals surface area contributed by atoms with Gasteiger partial charge in [-0.2, -0.15) is 0 Å². The van der Waals surface area contributed by atoms with Crippen molar-refractivity contribution in [2.45, 2.75) is 13.8 Å². The second kappa shape index (κ2) is 5.27. The molecule has 0 aliphatic heterocycles. The van der Waals surface area contributed by atoms with Gasteiger partial charge in [0, 0.05) is 4.88 Å². The standard InChI is InChI=1S/C7H8N2O3S.Mg.2H/c1-3-4(2)13-7(8-3)9-5(10)6(11)12;;;/h1-2H3,(H,11,12)(H,8,9,10);;;/q;+2;2*-1. The van der Waals surface area contributed by atoms with Gasteiger partial charge in [0.2, 0.25) is 0 Å². The van der Waals surface area contributed by atoms with Crippen molar-refractivity contribution >= 4 is 51.4 Å². The molecule has 14 heavy (non-hydrogen) atoms. The minimum Gasteiger partial charge on any atom is -1.00 e. The summed E-state index contributed by atoms with van der Waals surface area (Å²) in [6.07, 6.45) is 0. The third-order valence-electron chi connectivity index (χ3n) is 1.44. The van der Waals surface area contributed by atoms with Gasteiger partial charge in [-0.15, -0.1) is 11.3 Å². The number of anilines is 1. The average Bonchev–Trinajstić information content (AvgIpc) is 2.31. The van der Waals surface area contributed by atoms with Gasteiger partial charge in [-0.3, -0.25) is 10.1 Å². The van der Waals surface area contributed by atoms with Crippen molar-refractivity contribution in [2.75, 3.05) is 5.32 Å². The van der Waals surface area contributed by atoms with Crippen LogP contribution in [0.4, 0.5) is 5.13 Å². The van der Waals surface area contributed by atoms with Gasteiger partial charge in [0.15, 0.2) is 5.13 Å². The Bertz CT molecular complexity index is 353. The molecule has 1 heterocycles. The Hall–Kier alpha value is -0.664. The molecule has 1 rings (SSSR count). The second-order valence-electron chi connectivity index (χ2n) is 2.42. The number of aliphatic carboxylic acids is 1. The van der Waals surface area contributed by atoms with E-state index in [9.17, 15) is 9.59 Å². The molecular weight excluding hydrogens is 216 g/mol. The Kier molecular flexibility index (Phi) is 5.02. The quantitative estimate of drug-likeness (QED) is 0.544. The van der Waals surface area contributed by atoms with Crippen LogP contribution < -0.4 is 5.32 Å². The molecule has 0 saturated heterocycles. The maximum absolute atomic E-state index is 10.7. The van der Waals surface area contributed by atoms with Crippen molar-refractivity contribution in [1.82, 2.24) is 4.98 Å². The van der Waals surface area contributed by atoms with Crippen LogP contribution in [0, 0.1) is 13.8 Å². The number of nitrogens with zero attached hydrogens (tertiary/aromatic N) is 1. The molecule has 1 aromatic rings. The summed E-state index contributed by atoms with van der Waals surface area (Å²) in [5.41, 5.74) is 0.797. The number of aromatic nitrogens is 1. The first kappa shape index (κ1) is 13.3. The zero-order valence-electron chi connectivity index (χ0n) is 9.83. The molecule has 2 N–H and O–H groups in total. The summed E-state index contributed by atoms with van der Waals surface area (Å²) in [4.78, 5) is 25.8. The fraction of sp³-hybridized carbons (Fsp3) is 0.286. The summed E-state index contributed by atoms with van der Waals surface area (Å²) in [6.45, 7) is 3.64. The molecule has 0 aliphatic rings. The fourth-order valence-electron chi connectivity index (χ4n) is 0.677. The first-order chi connectivity index (χ1) is 6.00. The predicted octanol–water partition coefficient (Wildman–Crippen LogP) is 0.627. The number of carbonyl (C=O) groups excluding carboxylic acids is 1. The van der Waals surface area contributed by atoms with Gasteiger partial charge in [-0.25, -0.2) is 9.78 Å². The second-order valence-corrected chi connectivity index (χ2v) is 3.62. The third-order valence-corrected chi connectivity index (χ3v) is 2.43. The SMILES string of the molecule is Cc1nc(NC(=O)C(=O)O)sc1C.[H-].[H-].[Mg+2]. The van der Waals surface area contributed by atoms with Gasteiger partial charge in [0.05, 0.1) is 5.69 Å². The molecule has 74 valence electrons. The maximum atomic E-state index is 10.7. The summed E-state index contributed by atoms with van der Waals surface area (Å²) in [5.74, 6) is -2.57. The third kappa shape index (κ3) is 3.24. The molecule has 0 aliphatic carbocycles. The van der Waals surface area contributed by atoms with Crippen molar-refractivity contribution in [2.24, 2.45) is 0 Å². The molecule has 0 bridgehead atoms. The van der Waals surface area contributed by atoms with Gasteiger partial charge in [-0.1, -0.05) is 0 Å². The van der Waals surface area contributed by atoms with E-state index in [1.807, 2.05) is 6.92 Å². The number of amides is 1. The van der Waals surface area contributed by atoms with E-state index in [-0.39, 0.29) is 25.9 Å². The van der Waals surface area contributed by atoms with Crippen molar-refractivity contribution in [3.8, 4) is 0 Å². The van der Waals surface area contributed by atoms with Crippen LogP contribution >= 0.6 is 11.3 Å². The van der Waals surface area contributed by atoms with Crippen molar-refractivity contribution in [1.29, 1.82) is 0 Å². The fourth-order valence-corrected chi connectivity index (χ4v) is 1.49. The van der Waals surface area contributed by atoms with Gasteiger partial charge in [0.1, 0.15) is 0 Å². The van der Waals surface area contributed by atoms with E-state index >= 15 is 0 Å². The topological polar surface area (TPSA) is 79.3 Å². The Balaban J connectivity index is -0.000000563. The molecule has 7 heteroatoms. The molecule has 1 amide bonds. The number of carbonyl (C=O) groups is 2. The van der Waals surface area contributed by atoms with Crippen LogP contribution in [0.1, 0.15) is 13.4 Å². The van der Waals surface area contributed by atoms with E-state index in [4.69, 9.17) is 5.11 Å². The van der Waals surface area contributed by atoms with E-state index in [0.29, 0.717) is 5.13 Å². The first-order valence-corrected chi connectivity index (χ1v) is 4.30. The summed E-state index contributed by atoms with van der Waals surface area (Å²) in [5, 5.41) is 10.8. The van der Waals surface area contributed by atoms with Crippen molar-refractivity contribution in [3.05, 3.63) is 10.6 Å². The summed E-state index contributed by atoms with van der Waals surface area (Å²) in [6, 6.07) is 0. The van der Waals surface area contributed by atoms with E-state index in [1.54, 1.807) is 6.92 Å². The van der Waals surface area contributed by atoms with E-state index in [2.05, 4.69) is 10.3 Å². The number of thiazole rings is 1. The van der Waals surface area contributed by atoms with Crippen LogP contribution in [-0.4, -0.2) is 45.0 Å². The smallest absolute Gasteiger partial charge is 1.00 e. The zero-order valence-corrected chi connectivity index (χ0v) is 10.1. The Morgan fingerprint density at radius 1 is 1.50 bits per heavy atom. The summed E-state index contributed by atoms with van der Waals surface area (Å²) >= 11 is 1.25. The van der Waals surface area contributed by atoms with Gasteiger partial charge in [0.25, 0.3) is 0 Å². The first-order valence-electron chi connectivity index (χ1n) is 3.49. The molecule has 5 nitrogen and oxygen atoms in total. The molecule has 0 radical (unpaired) electrons. The minimum atomic E-state index is -1.51. The Labute approximate surface area is 104 Å². The largest absolute Gasteiger partial charge is 2.00 e. The monoisotopic (exact) mass is 226 g/mol. The molecule has 0 unspecified atom stereocenters. The van der Waals surface area contributed by atoms with Crippen LogP contribution in [0.2, 0.25) is 0 Å². The van der Waals surface area contributed by atoms with Crippen LogP contribution in [-0.2, 0) is 9.59 Å². The molecular formula is C7H10MgN2O3S. The van der Waals surface area contributed by atoms with Gasteiger partial charge >= 0.3 is 34.9 Å². The molecule has 0 aromatic carbocycles. The molecule has 0 spiro atoms. The van der Waals surface area contributed by atoms with E-state index in [1.165, 1.54) is 11.3 Å². The number of rotatable bonds is 1. The number of nitrogens with one attached hydrogen (secondary N) is 1. The minimum absolute atomic E-state index is 0. The van der Waals surface area contributed by atoms with Crippen LogP contribution in [0.15, 0.2) is 0 Å². The van der Waals surface area contributed by atoms with Crippen LogP contribution in [0.3, 0.4) is 0 Å². The number of hydrogen-bond donors (Lipinski definition) is 2. The molecule has 1 aromatic heterocycles. The maximum Gasteiger partial charge on any atom is 2.00 e. The van der Waals surface area contributed by atoms with Crippen molar-refractivity contribution < 1.29 is 17.5 Å². The average molecular weight is 227 g/mol. The molecule has 0 fully saturated rings. The van der Waals surface area contributed by atoms with Crippen molar-refractivity contribution in [3.63, 3.8) is 0 Å². The number of carboxylic acids is 1. The normalized spacial score (nSPS) is 9.00. The Morgan fingerprint density at radius 2 is 2.07 bits per heavy atom. The zero-order chi connectivity index (χ0) is 10.0. The number of hydrogen-bond acceptors (Lipinski definition) is 4. The van der Waals surface area contributed by atoms with Gasteiger partial charge < -0.3 is 7.96 Å². The summed E-state index contributed by atoms with van der Waals surface area (Å²) in [7, 11) is 0. The number of aryl methyl sites for hydroxylation is 2.